The summed E-state index contributed by atoms with van der Waals surface area (Å²) in [4.78, 5) is 13.9. The van der Waals surface area contributed by atoms with E-state index >= 15 is 0 Å². The third-order valence-electron chi connectivity index (χ3n) is 2.00. The number of hydrogen-bond acceptors (Lipinski definition) is 4. The van der Waals surface area contributed by atoms with Gasteiger partial charge in [-0.05, 0) is 13.0 Å². The number of aromatic nitrogens is 1. The largest absolute Gasteiger partial charge is 0.390 e. The predicted molar refractivity (Wildman–Crippen MR) is 51.7 cm³/mol. The van der Waals surface area contributed by atoms with Crippen LogP contribution in [0.2, 0.25) is 0 Å². The van der Waals surface area contributed by atoms with E-state index in [4.69, 9.17) is 5.73 Å². The molecule has 0 saturated carbocycles. The quantitative estimate of drug-likeness (QED) is 0.504. The van der Waals surface area contributed by atoms with Crippen molar-refractivity contribution in [3.8, 4) is 0 Å². The van der Waals surface area contributed by atoms with E-state index in [-0.39, 0.29) is 24.0 Å². The van der Waals surface area contributed by atoms with E-state index < -0.39 is 12.2 Å². The van der Waals surface area contributed by atoms with Crippen molar-refractivity contribution in [1.82, 2.24) is 4.98 Å². The zero-order chi connectivity index (χ0) is 10.6. The smallest absolute Gasteiger partial charge is 0.187 e. The molecule has 1 rings (SSSR count). The fraction of sp³-hybridized carbons (Fsp3) is 0.444. The summed E-state index contributed by atoms with van der Waals surface area (Å²) < 4.78 is 0. The molecule has 0 aliphatic carbocycles. The Balaban J connectivity index is 2.84. The zero-order valence-electron chi connectivity index (χ0n) is 7.68. The first kappa shape index (κ1) is 10.9. The molecule has 78 valence electrons. The van der Waals surface area contributed by atoms with Crippen LogP contribution in [0.25, 0.3) is 0 Å². The minimum atomic E-state index is -1.18. The SMILES string of the molecule is NCCC(O)C(O)c1c[nH]ccc1=O. The maximum atomic E-state index is 11.2. The molecule has 0 saturated heterocycles. The molecule has 1 aromatic heterocycles. The van der Waals surface area contributed by atoms with Gasteiger partial charge in [0.15, 0.2) is 5.43 Å². The molecule has 5 nitrogen and oxygen atoms in total. The molecular formula is C9H14N2O3. The lowest BCUT2D eigenvalue weighted by molar-refractivity contribution is 0.0142. The number of H-pyrrole nitrogens is 1. The molecule has 5 N–H and O–H groups in total. The highest BCUT2D eigenvalue weighted by Crippen LogP contribution is 2.13. The van der Waals surface area contributed by atoms with E-state index in [0.717, 1.165) is 0 Å². The van der Waals surface area contributed by atoms with Crippen molar-refractivity contribution in [1.29, 1.82) is 0 Å². The Hall–Kier alpha value is -1.17. The Morgan fingerprint density at radius 2 is 2.21 bits per heavy atom. The molecule has 0 aromatic carbocycles. The first-order chi connectivity index (χ1) is 6.66. The van der Waals surface area contributed by atoms with Crippen molar-refractivity contribution in [3.05, 3.63) is 34.2 Å². The van der Waals surface area contributed by atoms with Gasteiger partial charge in [-0.25, -0.2) is 0 Å². The number of aromatic amines is 1. The molecule has 0 radical (unpaired) electrons. The third-order valence-corrected chi connectivity index (χ3v) is 2.00. The lowest BCUT2D eigenvalue weighted by Gasteiger charge is -2.16. The minimum Gasteiger partial charge on any atom is -0.390 e. The van der Waals surface area contributed by atoms with E-state index in [0.29, 0.717) is 0 Å². The Morgan fingerprint density at radius 1 is 1.50 bits per heavy atom. The highest BCUT2D eigenvalue weighted by atomic mass is 16.3. The van der Waals surface area contributed by atoms with E-state index in [1.54, 1.807) is 0 Å². The summed E-state index contributed by atoms with van der Waals surface area (Å²) in [6, 6.07) is 1.30. The number of aliphatic hydroxyl groups is 2. The first-order valence-electron chi connectivity index (χ1n) is 4.40. The molecule has 0 fully saturated rings. The molecule has 0 spiro atoms. The Kier molecular flexibility index (Phi) is 3.82. The van der Waals surface area contributed by atoms with Crippen LogP contribution < -0.4 is 11.2 Å². The van der Waals surface area contributed by atoms with Gasteiger partial charge < -0.3 is 20.9 Å². The standard InChI is InChI=1S/C9H14N2O3/c10-3-1-8(13)9(14)6-5-11-4-2-7(6)12/h2,4-5,8-9,13-14H,1,3,10H2,(H,11,12). The van der Waals surface area contributed by atoms with Crippen LogP contribution in [0.5, 0.6) is 0 Å². The second kappa shape index (κ2) is 4.90. The van der Waals surface area contributed by atoms with Crippen molar-refractivity contribution >= 4 is 0 Å². The predicted octanol–water partition coefficient (Wildman–Crippen LogP) is -0.882. The summed E-state index contributed by atoms with van der Waals surface area (Å²) in [6.07, 6.45) is 0.933. The first-order valence-corrected chi connectivity index (χ1v) is 4.40. The Labute approximate surface area is 81.2 Å². The van der Waals surface area contributed by atoms with Crippen LogP contribution in [0, 0.1) is 0 Å². The van der Waals surface area contributed by atoms with E-state index in [1.165, 1.54) is 18.5 Å². The highest BCUT2D eigenvalue weighted by molar-refractivity contribution is 5.13. The number of rotatable bonds is 4. The van der Waals surface area contributed by atoms with Gasteiger partial charge in [0.05, 0.1) is 6.10 Å². The molecule has 2 atom stereocenters. The van der Waals surface area contributed by atoms with Crippen LogP contribution in [-0.4, -0.2) is 27.8 Å². The van der Waals surface area contributed by atoms with Crippen molar-refractivity contribution in [2.75, 3.05) is 6.54 Å². The molecule has 1 aromatic rings. The van der Waals surface area contributed by atoms with Gasteiger partial charge in [0.25, 0.3) is 0 Å². The summed E-state index contributed by atoms with van der Waals surface area (Å²) >= 11 is 0. The molecule has 0 aliphatic heterocycles. The normalized spacial score (nSPS) is 15.1. The lowest BCUT2D eigenvalue weighted by atomic mass is 10.0. The maximum Gasteiger partial charge on any atom is 0.187 e. The topological polar surface area (TPSA) is 99.3 Å². The van der Waals surface area contributed by atoms with E-state index in [2.05, 4.69) is 4.98 Å². The van der Waals surface area contributed by atoms with Gasteiger partial charge in [-0.15, -0.1) is 0 Å². The van der Waals surface area contributed by atoms with Crippen LogP contribution in [0.1, 0.15) is 18.1 Å². The molecule has 0 aliphatic rings. The van der Waals surface area contributed by atoms with Crippen LogP contribution in [0.4, 0.5) is 0 Å². The fourth-order valence-corrected chi connectivity index (χ4v) is 1.20. The van der Waals surface area contributed by atoms with Crippen molar-refractivity contribution in [2.24, 2.45) is 5.73 Å². The van der Waals surface area contributed by atoms with Crippen LogP contribution in [-0.2, 0) is 0 Å². The van der Waals surface area contributed by atoms with Gasteiger partial charge in [0.2, 0.25) is 0 Å². The van der Waals surface area contributed by atoms with Crippen molar-refractivity contribution in [2.45, 2.75) is 18.6 Å². The van der Waals surface area contributed by atoms with Gasteiger partial charge in [0.1, 0.15) is 6.10 Å². The second-order valence-electron chi connectivity index (χ2n) is 3.05. The van der Waals surface area contributed by atoms with Gasteiger partial charge in [-0.1, -0.05) is 0 Å². The maximum absolute atomic E-state index is 11.2. The molecule has 0 bridgehead atoms. The summed E-state index contributed by atoms with van der Waals surface area (Å²) in [7, 11) is 0. The Morgan fingerprint density at radius 3 is 2.79 bits per heavy atom. The molecule has 2 unspecified atom stereocenters. The van der Waals surface area contributed by atoms with Crippen LogP contribution in [0.3, 0.4) is 0 Å². The molecule has 5 heteroatoms. The van der Waals surface area contributed by atoms with Crippen LogP contribution in [0.15, 0.2) is 23.3 Å². The number of pyridine rings is 1. The fourth-order valence-electron chi connectivity index (χ4n) is 1.20. The Bertz CT molecular complexity index is 337. The molecule has 0 amide bonds. The second-order valence-corrected chi connectivity index (χ2v) is 3.05. The average molecular weight is 198 g/mol. The number of aliphatic hydroxyl groups excluding tert-OH is 2. The summed E-state index contributed by atoms with van der Waals surface area (Å²) in [5.74, 6) is 0. The van der Waals surface area contributed by atoms with Gasteiger partial charge in [-0.2, -0.15) is 0 Å². The number of hydrogen-bond donors (Lipinski definition) is 4. The van der Waals surface area contributed by atoms with Crippen molar-refractivity contribution in [3.63, 3.8) is 0 Å². The van der Waals surface area contributed by atoms with Gasteiger partial charge in [0, 0.05) is 24.0 Å². The highest BCUT2D eigenvalue weighted by Gasteiger charge is 2.19. The average Bonchev–Trinajstić information content (AvgIpc) is 2.18. The number of nitrogens with two attached hydrogens (primary N) is 1. The van der Waals surface area contributed by atoms with Gasteiger partial charge in [-0.3, -0.25) is 4.79 Å². The van der Waals surface area contributed by atoms with E-state index in [1.807, 2.05) is 0 Å². The summed E-state index contributed by atoms with van der Waals surface area (Å²) in [5.41, 5.74) is 5.09. The molecular weight excluding hydrogens is 184 g/mol. The molecule has 1 heterocycles. The van der Waals surface area contributed by atoms with E-state index in [9.17, 15) is 15.0 Å². The van der Waals surface area contributed by atoms with Gasteiger partial charge >= 0.3 is 0 Å². The monoisotopic (exact) mass is 198 g/mol. The zero-order valence-corrected chi connectivity index (χ0v) is 7.68. The lowest BCUT2D eigenvalue weighted by Crippen LogP contribution is -2.25. The number of nitrogens with one attached hydrogen (secondary N) is 1. The minimum absolute atomic E-state index is 0.161. The third kappa shape index (κ3) is 2.41. The summed E-state index contributed by atoms with van der Waals surface area (Å²) in [5, 5.41) is 19.0. The van der Waals surface area contributed by atoms with Crippen LogP contribution >= 0.6 is 0 Å². The summed E-state index contributed by atoms with van der Waals surface area (Å²) in [6.45, 7) is 0.267. The molecule has 14 heavy (non-hydrogen) atoms. The van der Waals surface area contributed by atoms with Crippen molar-refractivity contribution < 1.29 is 10.2 Å².